The Balaban J connectivity index is 2.20. The summed E-state index contributed by atoms with van der Waals surface area (Å²) in [5.74, 6) is 0.996. The van der Waals surface area contributed by atoms with Gasteiger partial charge in [-0.3, -0.25) is 0 Å². The van der Waals surface area contributed by atoms with E-state index in [1.54, 1.807) is 11.8 Å². The maximum atomic E-state index is 5.97. The number of hydrogen-bond acceptors (Lipinski definition) is 3. The van der Waals surface area contributed by atoms with Gasteiger partial charge in [0.15, 0.2) is 0 Å². The van der Waals surface area contributed by atoms with Crippen molar-refractivity contribution in [2.24, 2.45) is 5.73 Å². The first-order valence-electron chi connectivity index (χ1n) is 5.76. The van der Waals surface area contributed by atoms with Crippen LogP contribution in [0.15, 0.2) is 35.2 Å². The van der Waals surface area contributed by atoms with E-state index in [-0.39, 0.29) is 6.04 Å². The van der Waals surface area contributed by atoms with Crippen LogP contribution in [0.2, 0.25) is 0 Å². The fraction of sp³-hybridized carbons (Fsp3) is 0.286. The van der Waals surface area contributed by atoms with Crippen molar-refractivity contribution in [3.05, 3.63) is 35.9 Å². The lowest BCUT2D eigenvalue weighted by Crippen LogP contribution is -2.33. The molecule has 1 aliphatic heterocycles. The van der Waals surface area contributed by atoms with Crippen molar-refractivity contribution in [2.45, 2.75) is 17.4 Å². The topological polar surface area (TPSA) is 35.2 Å². The Hall–Kier alpha value is -1.19. The first-order valence-corrected chi connectivity index (χ1v) is 6.98. The molecular formula is C14H15NOS. The van der Waals surface area contributed by atoms with Crippen LogP contribution in [0.5, 0.6) is 5.75 Å². The van der Waals surface area contributed by atoms with Crippen LogP contribution in [0.3, 0.4) is 0 Å². The number of nitrogens with two attached hydrogens (primary N) is 1. The van der Waals surface area contributed by atoms with Crippen LogP contribution in [-0.2, 0) is 6.42 Å². The van der Waals surface area contributed by atoms with Gasteiger partial charge in [-0.2, -0.15) is 0 Å². The first-order chi connectivity index (χ1) is 8.28. The van der Waals surface area contributed by atoms with E-state index in [4.69, 9.17) is 10.5 Å². The van der Waals surface area contributed by atoms with Gasteiger partial charge in [0, 0.05) is 16.5 Å². The van der Waals surface area contributed by atoms with Gasteiger partial charge in [0.2, 0.25) is 0 Å². The molecule has 0 fully saturated rings. The molecule has 0 spiro atoms. The number of thioether (sulfide) groups is 1. The predicted molar refractivity (Wildman–Crippen MR) is 72.9 cm³/mol. The highest BCUT2D eigenvalue weighted by Gasteiger charge is 2.18. The quantitative estimate of drug-likeness (QED) is 0.785. The van der Waals surface area contributed by atoms with E-state index in [0.717, 1.165) is 12.2 Å². The van der Waals surface area contributed by atoms with Crippen molar-refractivity contribution in [1.82, 2.24) is 0 Å². The van der Waals surface area contributed by atoms with Gasteiger partial charge in [0.05, 0.1) is 0 Å². The number of rotatable bonds is 1. The Bertz CT molecular complexity index is 567. The maximum absolute atomic E-state index is 5.97. The summed E-state index contributed by atoms with van der Waals surface area (Å²) in [6, 6.07) is 10.9. The highest BCUT2D eigenvalue weighted by atomic mass is 32.2. The molecule has 2 N–H and O–H groups in total. The van der Waals surface area contributed by atoms with E-state index in [9.17, 15) is 0 Å². The van der Waals surface area contributed by atoms with Crippen molar-refractivity contribution < 1.29 is 4.74 Å². The first kappa shape index (κ1) is 10.9. The van der Waals surface area contributed by atoms with E-state index >= 15 is 0 Å². The molecule has 0 saturated heterocycles. The molecule has 0 bridgehead atoms. The number of fused-ring (bicyclic) bond motifs is 3. The van der Waals surface area contributed by atoms with Crippen molar-refractivity contribution in [3.63, 3.8) is 0 Å². The van der Waals surface area contributed by atoms with Gasteiger partial charge < -0.3 is 10.5 Å². The summed E-state index contributed by atoms with van der Waals surface area (Å²) in [7, 11) is 0. The van der Waals surface area contributed by atoms with E-state index in [2.05, 4.69) is 36.6 Å². The Kier molecular flexibility index (Phi) is 2.73. The molecule has 2 aromatic carbocycles. The second-order valence-electron chi connectivity index (χ2n) is 4.40. The van der Waals surface area contributed by atoms with Gasteiger partial charge in [-0.1, -0.05) is 12.1 Å². The lowest BCUT2D eigenvalue weighted by atomic mass is 9.96. The molecule has 0 amide bonds. The number of benzene rings is 2. The van der Waals surface area contributed by atoms with Crippen molar-refractivity contribution in [1.29, 1.82) is 0 Å². The highest BCUT2D eigenvalue weighted by molar-refractivity contribution is 7.98. The molecule has 1 atom stereocenters. The van der Waals surface area contributed by atoms with Crippen molar-refractivity contribution in [3.8, 4) is 5.75 Å². The lowest BCUT2D eigenvalue weighted by molar-refractivity contribution is 0.264. The molecular weight excluding hydrogens is 230 g/mol. The molecule has 88 valence electrons. The van der Waals surface area contributed by atoms with Gasteiger partial charge in [0.1, 0.15) is 12.4 Å². The van der Waals surface area contributed by atoms with E-state index < -0.39 is 0 Å². The fourth-order valence-electron chi connectivity index (χ4n) is 2.34. The van der Waals surface area contributed by atoms with Crippen LogP contribution in [0.25, 0.3) is 10.8 Å². The minimum absolute atomic E-state index is 0.119. The van der Waals surface area contributed by atoms with Gasteiger partial charge >= 0.3 is 0 Å². The molecule has 0 radical (unpaired) electrons. The number of ether oxygens (including phenoxy) is 1. The third-order valence-electron chi connectivity index (χ3n) is 3.21. The smallest absolute Gasteiger partial charge is 0.123 e. The third kappa shape index (κ3) is 1.90. The van der Waals surface area contributed by atoms with Gasteiger partial charge in [-0.25, -0.2) is 0 Å². The van der Waals surface area contributed by atoms with Gasteiger partial charge in [-0.15, -0.1) is 11.8 Å². The van der Waals surface area contributed by atoms with Gasteiger partial charge in [-0.05, 0) is 41.6 Å². The molecule has 3 heteroatoms. The van der Waals surface area contributed by atoms with Crippen LogP contribution in [0.4, 0.5) is 0 Å². The van der Waals surface area contributed by atoms with Crippen molar-refractivity contribution in [2.75, 3.05) is 12.9 Å². The van der Waals surface area contributed by atoms with Crippen LogP contribution >= 0.6 is 11.8 Å². The van der Waals surface area contributed by atoms with Crippen LogP contribution in [0.1, 0.15) is 5.56 Å². The molecule has 1 unspecified atom stereocenters. The summed E-state index contributed by atoms with van der Waals surface area (Å²) < 4.78 is 5.67. The monoisotopic (exact) mass is 245 g/mol. The van der Waals surface area contributed by atoms with E-state index in [1.807, 2.05) is 0 Å². The average Bonchev–Trinajstić information content (AvgIpc) is 2.37. The zero-order chi connectivity index (χ0) is 11.8. The zero-order valence-corrected chi connectivity index (χ0v) is 10.6. The lowest BCUT2D eigenvalue weighted by Gasteiger charge is -2.23. The van der Waals surface area contributed by atoms with Crippen molar-refractivity contribution >= 4 is 22.5 Å². The molecule has 3 rings (SSSR count). The molecule has 2 nitrogen and oxygen atoms in total. The minimum atomic E-state index is 0.119. The summed E-state index contributed by atoms with van der Waals surface area (Å²) >= 11 is 1.77. The largest absolute Gasteiger partial charge is 0.492 e. The summed E-state index contributed by atoms with van der Waals surface area (Å²) in [5.41, 5.74) is 7.23. The molecule has 1 heterocycles. The van der Waals surface area contributed by atoms with Crippen LogP contribution < -0.4 is 10.5 Å². The molecule has 17 heavy (non-hydrogen) atoms. The Labute approximate surface area is 105 Å². The molecule has 1 aliphatic rings. The Morgan fingerprint density at radius 3 is 3.00 bits per heavy atom. The summed E-state index contributed by atoms with van der Waals surface area (Å²) in [6.45, 7) is 0.626. The van der Waals surface area contributed by atoms with E-state index in [0.29, 0.717) is 6.61 Å². The maximum Gasteiger partial charge on any atom is 0.123 e. The highest BCUT2D eigenvalue weighted by Crippen LogP contribution is 2.33. The molecule has 0 saturated carbocycles. The minimum Gasteiger partial charge on any atom is -0.492 e. The number of hydrogen-bond donors (Lipinski definition) is 1. The molecule has 0 aromatic heterocycles. The van der Waals surface area contributed by atoms with Crippen LogP contribution in [-0.4, -0.2) is 18.9 Å². The SMILES string of the molecule is CSc1ccc2c3c(ccc2c1)OCC(N)C3. The second kappa shape index (κ2) is 4.24. The Morgan fingerprint density at radius 2 is 2.18 bits per heavy atom. The van der Waals surface area contributed by atoms with Gasteiger partial charge in [0.25, 0.3) is 0 Å². The van der Waals surface area contributed by atoms with E-state index in [1.165, 1.54) is 21.2 Å². The summed E-state index contributed by atoms with van der Waals surface area (Å²) in [5, 5.41) is 2.55. The summed E-state index contributed by atoms with van der Waals surface area (Å²) in [6.07, 6.45) is 3.00. The fourth-order valence-corrected chi connectivity index (χ4v) is 2.79. The zero-order valence-electron chi connectivity index (χ0n) is 9.77. The van der Waals surface area contributed by atoms with Crippen LogP contribution in [0, 0.1) is 0 Å². The third-order valence-corrected chi connectivity index (χ3v) is 3.94. The second-order valence-corrected chi connectivity index (χ2v) is 5.28. The Morgan fingerprint density at radius 1 is 1.29 bits per heavy atom. The predicted octanol–water partition coefficient (Wildman–Crippen LogP) is 2.82. The normalized spacial score (nSPS) is 18.8. The summed E-state index contributed by atoms with van der Waals surface area (Å²) in [4.78, 5) is 1.29. The molecule has 2 aromatic rings. The average molecular weight is 245 g/mol. The standard InChI is InChI=1S/C14H15NOS/c1-17-11-3-4-12-9(6-11)2-5-14-13(12)7-10(15)8-16-14/h2-6,10H,7-8,15H2,1H3. The molecule has 0 aliphatic carbocycles.